The van der Waals surface area contributed by atoms with Gasteiger partial charge in [0.1, 0.15) is 0 Å². The summed E-state index contributed by atoms with van der Waals surface area (Å²) in [5, 5.41) is 14.3. The van der Waals surface area contributed by atoms with E-state index in [1.165, 1.54) is 5.56 Å². The van der Waals surface area contributed by atoms with Crippen LogP contribution >= 0.6 is 15.9 Å². The highest BCUT2D eigenvalue weighted by Gasteiger charge is 2.04. The Balaban J connectivity index is 1.69. The lowest BCUT2D eigenvalue weighted by Crippen LogP contribution is -2.06. The molecule has 0 fully saturated rings. The van der Waals surface area contributed by atoms with Crippen LogP contribution in [0, 0.1) is 6.92 Å². The molecule has 0 saturated heterocycles. The van der Waals surface area contributed by atoms with Crippen molar-refractivity contribution in [3.8, 4) is 0 Å². The van der Waals surface area contributed by atoms with Gasteiger partial charge in [-0.3, -0.25) is 4.98 Å². The largest absolute Gasteiger partial charge is 0.349 e. The van der Waals surface area contributed by atoms with E-state index < -0.39 is 0 Å². The zero-order chi connectivity index (χ0) is 16.1. The Bertz CT molecular complexity index is 794. The van der Waals surface area contributed by atoms with Crippen LogP contribution in [-0.2, 0) is 6.54 Å². The van der Waals surface area contributed by atoms with Gasteiger partial charge >= 0.3 is 0 Å². The van der Waals surface area contributed by atoms with E-state index in [0.29, 0.717) is 18.3 Å². The first-order valence-electron chi connectivity index (χ1n) is 7.06. The highest BCUT2D eigenvalue weighted by molar-refractivity contribution is 9.10. The van der Waals surface area contributed by atoms with Crippen LogP contribution < -0.4 is 10.6 Å². The predicted molar refractivity (Wildman–Crippen MR) is 93.6 cm³/mol. The summed E-state index contributed by atoms with van der Waals surface area (Å²) in [4.78, 5) is 8.40. The van der Waals surface area contributed by atoms with E-state index in [0.717, 1.165) is 15.7 Å². The Morgan fingerprint density at radius 2 is 1.96 bits per heavy atom. The maximum Gasteiger partial charge on any atom is 0.244 e. The lowest BCUT2D eigenvalue weighted by atomic mass is 10.2. The summed E-state index contributed by atoms with van der Waals surface area (Å²) in [6.07, 6.45) is 5.09. The van der Waals surface area contributed by atoms with Crippen LogP contribution in [0.2, 0.25) is 0 Å². The molecule has 0 aliphatic heterocycles. The lowest BCUT2D eigenvalue weighted by Gasteiger charge is -2.09. The summed E-state index contributed by atoms with van der Waals surface area (Å²) in [5.41, 5.74) is 3.21. The van der Waals surface area contributed by atoms with Gasteiger partial charge in [0.15, 0.2) is 5.82 Å². The van der Waals surface area contributed by atoms with Crippen molar-refractivity contribution < 1.29 is 0 Å². The summed E-state index contributed by atoms with van der Waals surface area (Å²) >= 11 is 3.54. The quantitative estimate of drug-likeness (QED) is 0.713. The molecule has 0 aliphatic rings. The minimum absolute atomic E-state index is 0.468. The molecule has 2 aromatic heterocycles. The molecule has 0 unspecified atom stereocenters. The van der Waals surface area contributed by atoms with Crippen LogP contribution in [0.4, 0.5) is 17.5 Å². The summed E-state index contributed by atoms with van der Waals surface area (Å²) in [5.74, 6) is 1.09. The van der Waals surface area contributed by atoms with Crippen molar-refractivity contribution in [1.29, 1.82) is 0 Å². The molecule has 1 aromatic carbocycles. The third-order valence-electron chi connectivity index (χ3n) is 3.15. The van der Waals surface area contributed by atoms with Crippen molar-refractivity contribution in [2.24, 2.45) is 0 Å². The molecule has 0 saturated carbocycles. The van der Waals surface area contributed by atoms with Crippen molar-refractivity contribution in [1.82, 2.24) is 20.2 Å². The van der Waals surface area contributed by atoms with Gasteiger partial charge in [-0.1, -0.05) is 6.07 Å². The van der Waals surface area contributed by atoms with Gasteiger partial charge in [0.25, 0.3) is 0 Å². The van der Waals surface area contributed by atoms with E-state index in [2.05, 4.69) is 46.7 Å². The van der Waals surface area contributed by atoms with Crippen molar-refractivity contribution in [2.75, 3.05) is 10.6 Å². The van der Waals surface area contributed by atoms with E-state index >= 15 is 0 Å². The Morgan fingerprint density at radius 3 is 2.74 bits per heavy atom. The smallest absolute Gasteiger partial charge is 0.244 e. The van der Waals surface area contributed by atoms with Crippen molar-refractivity contribution >= 4 is 33.4 Å². The topological polar surface area (TPSA) is 75.6 Å². The van der Waals surface area contributed by atoms with E-state index in [9.17, 15) is 0 Å². The molecule has 0 amide bonds. The standard InChI is InChI=1S/C16H15BrN6/c1-11-2-3-14(13(17)8-11)21-15-10-20-23-16(22-15)19-9-12-4-6-18-7-5-12/h2-8,10H,9H2,1H3,(H2,19,21,22,23). The number of hydrogen-bond acceptors (Lipinski definition) is 6. The van der Waals surface area contributed by atoms with Gasteiger partial charge in [0.05, 0.1) is 11.9 Å². The predicted octanol–water partition coefficient (Wildman–Crippen LogP) is 3.69. The summed E-state index contributed by atoms with van der Waals surface area (Å²) in [6, 6.07) is 9.94. The number of aryl methyl sites for hydroxylation is 1. The number of anilines is 3. The number of rotatable bonds is 5. The van der Waals surface area contributed by atoms with Crippen LogP contribution in [0.25, 0.3) is 0 Å². The van der Waals surface area contributed by atoms with Gasteiger partial charge in [-0.25, -0.2) is 0 Å². The van der Waals surface area contributed by atoms with Crippen LogP contribution in [-0.4, -0.2) is 20.2 Å². The molecule has 23 heavy (non-hydrogen) atoms. The van der Waals surface area contributed by atoms with Gasteiger partial charge in [-0.05, 0) is 58.2 Å². The first kappa shape index (κ1) is 15.4. The van der Waals surface area contributed by atoms with Crippen LogP contribution in [0.1, 0.15) is 11.1 Å². The zero-order valence-corrected chi connectivity index (χ0v) is 14.1. The maximum absolute atomic E-state index is 4.41. The summed E-state index contributed by atoms with van der Waals surface area (Å²) in [7, 11) is 0. The third kappa shape index (κ3) is 4.23. The minimum atomic E-state index is 0.468. The number of nitrogens with one attached hydrogen (secondary N) is 2. The second-order valence-corrected chi connectivity index (χ2v) is 5.84. The third-order valence-corrected chi connectivity index (χ3v) is 3.80. The summed E-state index contributed by atoms with van der Waals surface area (Å²) < 4.78 is 0.974. The van der Waals surface area contributed by atoms with Gasteiger partial charge < -0.3 is 10.6 Å². The molecule has 3 rings (SSSR count). The van der Waals surface area contributed by atoms with Crippen LogP contribution in [0.3, 0.4) is 0 Å². The van der Waals surface area contributed by atoms with E-state index in [-0.39, 0.29) is 0 Å². The fourth-order valence-electron chi connectivity index (χ4n) is 1.98. The number of aromatic nitrogens is 4. The molecular formula is C16H15BrN6. The Hall–Kier alpha value is -2.54. The van der Waals surface area contributed by atoms with Crippen LogP contribution in [0.5, 0.6) is 0 Å². The molecule has 2 heterocycles. The SMILES string of the molecule is Cc1ccc(Nc2cnnc(NCc3ccncc3)n2)c(Br)c1. The van der Waals surface area contributed by atoms with E-state index in [1.807, 2.05) is 37.3 Å². The Labute approximate surface area is 142 Å². The van der Waals surface area contributed by atoms with E-state index in [1.54, 1.807) is 18.6 Å². The molecule has 7 heteroatoms. The zero-order valence-electron chi connectivity index (χ0n) is 12.5. The molecule has 0 radical (unpaired) electrons. The van der Waals surface area contributed by atoms with E-state index in [4.69, 9.17) is 0 Å². The monoisotopic (exact) mass is 370 g/mol. The second kappa shape index (κ2) is 7.15. The van der Waals surface area contributed by atoms with Gasteiger partial charge in [-0.2, -0.15) is 10.1 Å². The minimum Gasteiger partial charge on any atom is -0.349 e. The molecule has 3 aromatic rings. The average molecular weight is 371 g/mol. The molecule has 6 nitrogen and oxygen atoms in total. The molecule has 0 spiro atoms. The Kier molecular flexibility index (Phi) is 4.77. The number of pyridine rings is 1. The number of halogens is 1. The maximum atomic E-state index is 4.41. The highest BCUT2D eigenvalue weighted by atomic mass is 79.9. The molecule has 0 atom stereocenters. The first-order chi connectivity index (χ1) is 11.2. The van der Waals surface area contributed by atoms with Gasteiger partial charge in [0.2, 0.25) is 5.95 Å². The first-order valence-corrected chi connectivity index (χ1v) is 7.86. The number of hydrogen-bond donors (Lipinski definition) is 2. The molecular weight excluding hydrogens is 356 g/mol. The molecule has 0 bridgehead atoms. The fraction of sp³-hybridized carbons (Fsp3) is 0.125. The Morgan fingerprint density at radius 1 is 1.13 bits per heavy atom. The molecule has 0 aliphatic carbocycles. The van der Waals surface area contributed by atoms with Crippen molar-refractivity contribution in [2.45, 2.75) is 13.5 Å². The second-order valence-electron chi connectivity index (χ2n) is 4.98. The normalized spacial score (nSPS) is 10.3. The highest BCUT2D eigenvalue weighted by Crippen LogP contribution is 2.25. The number of nitrogens with zero attached hydrogens (tertiary/aromatic N) is 4. The van der Waals surface area contributed by atoms with Gasteiger partial charge in [-0.15, -0.1) is 5.10 Å². The van der Waals surface area contributed by atoms with Crippen molar-refractivity contribution in [3.63, 3.8) is 0 Å². The summed E-state index contributed by atoms with van der Waals surface area (Å²) in [6.45, 7) is 2.66. The molecule has 116 valence electrons. The molecule has 2 N–H and O–H groups in total. The van der Waals surface area contributed by atoms with Gasteiger partial charge in [0, 0.05) is 23.4 Å². The number of benzene rings is 1. The van der Waals surface area contributed by atoms with Crippen LogP contribution in [0.15, 0.2) is 53.4 Å². The average Bonchev–Trinajstić information content (AvgIpc) is 2.57. The van der Waals surface area contributed by atoms with Crippen molar-refractivity contribution in [3.05, 3.63) is 64.5 Å². The fourth-order valence-corrected chi connectivity index (χ4v) is 2.57. The lowest BCUT2D eigenvalue weighted by molar-refractivity contribution is 0.947.